The molecule has 0 atom stereocenters. The second kappa shape index (κ2) is 13.8. The first-order valence-electron chi connectivity index (χ1n) is 12.6. The predicted octanol–water partition coefficient (Wildman–Crippen LogP) is 7.41. The molecule has 4 aromatic carbocycles. The molecule has 7 nitrogen and oxygen atoms in total. The molecular weight excluding hydrogens is 508 g/mol. The van der Waals surface area contributed by atoms with Gasteiger partial charge in [0.1, 0.15) is 23.0 Å². The van der Waals surface area contributed by atoms with Crippen LogP contribution < -0.4 is 18.9 Å². The Balaban J connectivity index is 0.000000415. The highest BCUT2D eigenvalue weighted by atomic mass is 16.7. The van der Waals surface area contributed by atoms with Crippen LogP contribution >= 0.6 is 0 Å². The fraction of sp³-hybridized carbons (Fsp3) is 0.182. The lowest BCUT2D eigenvalue weighted by atomic mass is 9.78. The number of rotatable bonds is 7. The first-order chi connectivity index (χ1) is 19.1. The van der Waals surface area contributed by atoms with Crippen LogP contribution in [-0.4, -0.2) is 25.0 Å². The van der Waals surface area contributed by atoms with Crippen molar-refractivity contribution in [2.75, 3.05) is 7.11 Å². The third kappa shape index (κ3) is 8.56. The maximum Gasteiger partial charge on any atom is 0.519 e. The van der Waals surface area contributed by atoms with Crippen LogP contribution in [-0.2, 0) is 10.2 Å². The summed E-state index contributed by atoms with van der Waals surface area (Å²) in [4.78, 5) is 33.8. The van der Waals surface area contributed by atoms with Crippen LogP contribution in [0.4, 0.5) is 4.79 Å². The molecule has 0 spiro atoms. The van der Waals surface area contributed by atoms with Crippen LogP contribution in [0.25, 0.3) is 0 Å². The number of ether oxygens (including phenoxy) is 4. The maximum absolute atomic E-state index is 12.1. The van der Waals surface area contributed by atoms with Gasteiger partial charge in [-0.2, -0.15) is 0 Å². The van der Waals surface area contributed by atoms with Gasteiger partial charge in [-0.1, -0.05) is 74.5 Å². The lowest BCUT2D eigenvalue weighted by molar-refractivity contribution is -0.131. The van der Waals surface area contributed by atoms with Crippen LogP contribution in [0.2, 0.25) is 0 Å². The first-order valence-corrected chi connectivity index (χ1v) is 12.6. The standard InChI is InChI=1S/C25H24O6.C8H8O/c1-17(26)29-22-6-5-7-23(16-22)31-24(27)30-21-14-10-19(11-15-21)25(2,3)18-8-12-20(28-4)13-9-18;1-7(9)8-5-3-2-4-6-8/h5-16H,1-4H3;2-6H,1H3. The normalized spacial score (nSPS) is 10.4. The van der Waals surface area contributed by atoms with Gasteiger partial charge in [-0.15, -0.1) is 0 Å². The lowest BCUT2D eigenvalue weighted by Gasteiger charge is -2.26. The first kappa shape index (κ1) is 29.6. The summed E-state index contributed by atoms with van der Waals surface area (Å²) in [5.41, 5.74) is 2.72. The fourth-order valence-electron chi connectivity index (χ4n) is 3.77. The summed E-state index contributed by atoms with van der Waals surface area (Å²) in [6.45, 7) is 7.10. The molecule has 0 heterocycles. The molecule has 0 aliphatic heterocycles. The SMILES string of the molecule is CC(=O)c1ccccc1.COc1ccc(C(C)(C)c2ccc(OC(=O)Oc3cccc(OC(C)=O)c3)cc2)cc1. The minimum atomic E-state index is -0.887. The van der Waals surface area contributed by atoms with Gasteiger partial charge < -0.3 is 18.9 Å². The number of methoxy groups -OCH3 is 1. The molecule has 0 N–H and O–H groups in total. The number of benzene rings is 4. The summed E-state index contributed by atoms with van der Waals surface area (Å²) in [6.07, 6.45) is -0.887. The van der Waals surface area contributed by atoms with E-state index in [4.69, 9.17) is 18.9 Å². The molecule has 0 unspecified atom stereocenters. The summed E-state index contributed by atoms with van der Waals surface area (Å²) >= 11 is 0. The van der Waals surface area contributed by atoms with Gasteiger partial charge in [-0.25, -0.2) is 4.79 Å². The van der Waals surface area contributed by atoms with Crippen molar-refractivity contribution in [3.8, 4) is 23.0 Å². The molecule has 40 heavy (non-hydrogen) atoms. The summed E-state index contributed by atoms with van der Waals surface area (Å²) in [7, 11) is 1.64. The van der Waals surface area contributed by atoms with Gasteiger partial charge in [0.2, 0.25) is 0 Å². The van der Waals surface area contributed by atoms with Crippen LogP contribution in [0, 0.1) is 0 Å². The van der Waals surface area contributed by atoms with Gasteiger partial charge in [0.05, 0.1) is 7.11 Å². The molecule has 0 radical (unpaired) electrons. The van der Waals surface area contributed by atoms with Crippen molar-refractivity contribution in [2.24, 2.45) is 0 Å². The van der Waals surface area contributed by atoms with E-state index in [-0.39, 0.29) is 22.7 Å². The quantitative estimate of drug-likeness (QED) is 0.104. The molecule has 0 amide bonds. The number of hydrogen-bond donors (Lipinski definition) is 0. The molecule has 4 aromatic rings. The van der Waals surface area contributed by atoms with Gasteiger partial charge in [-0.05, 0) is 54.4 Å². The maximum atomic E-state index is 12.1. The monoisotopic (exact) mass is 540 g/mol. The highest BCUT2D eigenvalue weighted by Gasteiger charge is 2.23. The lowest BCUT2D eigenvalue weighted by Crippen LogP contribution is -2.19. The van der Waals surface area contributed by atoms with E-state index in [2.05, 4.69) is 13.8 Å². The Labute approximate surface area is 234 Å². The van der Waals surface area contributed by atoms with Crippen molar-refractivity contribution in [3.05, 3.63) is 120 Å². The van der Waals surface area contributed by atoms with E-state index in [1.807, 2.05) is 66.7 Å². The molecule has 0 aromatic heterocycles. The summed E-state index contributed by atoms with van der Waals surface area (Å²) < 4.78 is 20.6. The molecule has 0 saturated carbocycles. The molecule has 0 bridgehead atoms. The van der Waals surface area contributed by atoms with Crippen molar-refractivity contribution in [1.82, 2.24) is 0 Å². The minimum absolute atomic E-state index is 0.121. The summed E-state index contributed by atoms with van der Waals surface area (Å²) in [5, 5.41) is 0. The molecule has 0 saturated heterocycles. The molecule has 0 fully saturated rings. The van der Waals surface area contributed by atoms with Crippen molar-refractivity contribution in [2.45, 2.75) is 33.1 Å². The van der Waals surface area contributed by atoms with Gasteiger partial charge >= 0.3 is 12.1 Å². The van der Waals surface area contributed by atoms with E-state index in [0.29, 0.717) is 5.75 Å². The average Bonchev–Trinajstić information content (AvgIpc) is 2.94. The van der Waals surface area contributed by atoms with E-state index in [1.54, 1.807) is 44.4 Å². The summed E-state index contributed by atoms with van der Waals surface area (Å²) in [6, 6.07) is 30.6. The Kier molecular flexibility index (Phi) is 10.2. The highest BCUT2D eigenvalue weighted by Crippen LogP contribution is 2.33. The molecule has 0 aliphatic carbocycles. The van der Waals surface area contributed by atoms with E-state index < -0.39 is 12.1 Å². The number of hydrogen-bond acceptors (Lipinski definition) is 7. The minimum Gasteiger partial charge on any atom is -0.497 e. The van der Waals surface area contributed by atoms with Crippen LogP contribution in [0.3, 0.4) is 0 Å². The highest BCUT2D eigenvalue weighted by molar-refractivity contribution is 5.93. The Morgan fingerprint density at radius 2 is 1.07 bits per heavy atom. The second-order valence-electron chi connectivity index (χ2n) is 9.32. The molecule has 7 heteroatoms. The van der Waals surface area contributed by atoms with Crippen molar-refractivity contribution < 1.29 is 33.3 Å². The van der Waals surface area contributed by atoms with E-state index in [0.717, 1.165) is 22.4 Å². The van der Waals surface area contributed by atoms with Gasteiger partial charge in [0.25, 0.3) is 0 Å². The van der Waals surface area contributed by atoms with Gasteiger partial charge in [-0.3, -0.25) is 9.59 Å². The Bertz CT molecular complexity index is 1420. The van der Waals surface area contributed by atoms with Crippen molar-refractivity contribution >= 4 is 17.9 Å². The Morgan fingerprint density at radius 1 is 0.575 bits per heavy atom. The number of ketones is 1. The largest absolute Gasteiger partial charge is 0.519 e. The fourth-order valence-corrected chi connectivity index (χ4v) is 3.77. The summed E-state index contributed by atoms with van der Waals surface area (Å²) in [5.74, 6) is 1.31. The van der Waals surface area contributed by atoms with Crippen LogP contribution in [0.1, 0.15) is 49.2 Å². The average molecular weight is 541 g/mol. The van der Waals surface area contributed by atoms with Crippen LogP contribution in [0.15, 0.2) is 103 Å². The second-order valence-corrected chi connectivity index (χ2v) is 9.32. The zero-order valence-electron chi connectivity index (χ0n) is 23.2. The number of esters is 1. The Morgan fingerprint density at radius 3 is 1.55 bits per heavy atom. The van der Waals surface area contributed by atoms with E-state index >= 15 is 0 Å². The predicted molar refractivity (Wildman–Crippen MR) is 152 cm³/mol. The Hall–Kier alpha value is -4.91. The van der Waals surface area contributed by atoms with Crippen molar-refractivity contribution in [3.63, 3.8) is 0 Å². The van der Waals surface area contributed by atoms with E-state index in [1.165, 1.54) is 13.0 Å². The molecule has 206 valence electrons. The molecule has 0 aliphatic rings. The zero-order valence-corrected chi connectivity index (χ0v) is 23.2. The topological polar surface area (TPSA) is 88.1 Å². The number of carbonyl (C=O) groups is 3. The molecule has 4 rings (SSSR count). The van der Waals surface area contributed by atoms with Gasteiger partial charge in [0.15, 0.2) is 5.78 Å². The number of Topliss-reactive ketones (excluding diaryl/α,β-unsaturated/α-hetero) is 1. The number of carbonyl (C=O) groups excluding carboxylic acids is 3. The van der Waals surface area contributed by atoms with Crippen LogP contribution in [0.5, 0.6) is 23.0 Å². The zero-order chi connectivity index (χ0) is 29.1. The third-order valence-corrected chi connectivity index (χ3v) is 6.04. The third-order valence-electron chi connectivity index (χ3n) is 6.04. The van der Waals surface area contributed by atoms with Gasteiger partial charge in [0, 0.05) is 24.0 Å². The van der Waals surface area contributed by atoms with Crippen molar-refractivity contribution in [1.29, 1.82) is 0 Å². The van der Waals surface area contributed by atoms with E-state index in [9.17, 15) is 14.4 Å². The smallest absolute Gasteiger partial charge is 0.497 e. The molecular formula is C33H32O7.